The Morgan fingerprint density at radius 1 is 1.02 bits per heavy atom. The van der Waals surface area contributed by atoms with Crippen molar-refractivity contribution in [1.82, 2.24) is 14.3 Å². The molecule has 1 saturated heterocycles. The van der Waals surface area contributed by atoms with Gasteiger partial charge in [0, 0.05) is 52.8 Å². The number of halogens is 6. The van der Waals surface area contributed by atoms with Gasteiger partial charge in [-0.05, 0) is 48.7 Å². The smallest absolute Gasteiger partial charge is 0.401 e. The molecule has 1 aliphatic rings. The molecule has 1 fully saturated rings. The van der Waals surface area contributed by atoms with Crippen LogP contribution < -0.4 is 18.5 Å². The summed E-state index contributed by atoms with van der Waals surface area (Å²) in [4.78, 5) is 4.24. The standard InChI is InChI=1S/C31H30ClF5N4O5S2/c1-44-23-8-5-20(27(11-23)45-2)15-41(30-38-18-39-47-30)48(42,43)29-13-25(33)28(12-26(29)34)46-16-21-14-40(17-31(35,36)37)10-9-24(21)19-3-6-22(32)7-4-19/h3-8,11-13,18,21,24H,9-10,14-17H2,1-2H3/t21-,24-/m1/s1. The summed E-state index contributed by atoms with van der Waals surface area (Å²) in [6, 6.07) is 12.7. The highest BCUT2D eigenvalue weighted by atomic mass is 35.5. The second-order valence-corrected chi connectivity index (χ2v) is 14.0. The summed E-state index contributed by atoms with van der Waals surface area (Å²) in [5, 5.41) is 0.378. The highest BCUT2D eigenvalue weighted by Crippen LogP contribution is 2.37. The number of sulfonamides is 1. The number of hydrogen-bond donors (Lipinski definition) is 0. The Hall–Kier alpha value is -3.73. The van der Waals surface area contributed by atoms with Crippen molar-refractivity contribution in [2.24, 2.45) is 5.92 Å². The molecule has 2 atom stereocenters. The second-order valence-electron chi connectivity index (χ2n) is 11.0. The molecule has 0 saturated carbocycles. The lowest BCUT2D eigenvalue weighted by Gasteiger charge is -2.39. The van der Waals surface area contributed by atoms with Crippen molar-refractivity contribution in [2.45, 2.75) is 30.0 Å². The third kappa shape index (κ3) is 8.28. The lowest BCUT2D eigenvalue weighted by molar-refractivity contribution is -0.150. The molecule has 258 valence electrons. The zero-order valence-corrected chi connectivity index (χ0v) is 28.0. The largest absolute Gasteiger partial charge is 0.497 e. The van der Waals surface area contributed by atoms with Gasteiger partial charge in [0.1, 0.15) is 28.5 Å². The van der Waals surface area contributed by atoms with Crippen molar-refractivity contribution in [3.63, 3.8) is 0 Å². The monoisotopic (exact) mass is 732 g/mol. The minimum absolute atomic E-state index is 0.0189. The molecule has 0 bridgehead atoms. The lowest BCUT2D eigenvalue weighted by Crippen LogP contribution is -2.45. The second kappa shape index (κ2) is 14.8. The molecule has 4 aromatic rings. The number of nitrogens with zero attached hydrogens (tertiary/aromatic N) is 4. The molecule has 0 unspecified atom stereocenters. The predicted molar refractivity (Wildman–Crippen MR) is 169 cm³/mol. The molecule has 0 radical (unpaired) electrons. The maximum atomic E-state index is 15.6. The van der Waals surface area contributed by atoms with E-state index >= 15 is 8.78 Å². The Morgan fingerprint density at radius 3 is 2.42 bits per heavy atom. The van der Waals surface area contributed by atoms with Gasteiger partial charge in [-0.2, -0.15) is 17.5 Å². The van der Waals surface area contributed by atoms with Crippen LogP contribution in [0, 0.1) is 17.6 Å². The molecule has 17 heteroatoms. The van der Waals surface area contributed by atoms with Crippen molar-refractivity contribution in [3.8, 4) is 17.2 Å². The van der Waals surface area contributed by atoms with Crippen molar-refractivity contribution in [3.05, 3.63) is 88.7 Å². The van der Waals surface area contributed by atoms with E-state index in [4.69, 9.17) is 25.8 Å². The molecule has 1 aliphatic heterocycles. The number of alkyl halides is 3. The first-order chi connectivity index (χ1) is 22.8. The maximum Gasteiger partial charge on any atom is 0.401 e. The normalized spacial score (nSPS) is 17.2. The molecule has 5 rings (SSSR count). The SMILES string of the molecule is COc1ccc(CN(c2ncns2)S(=O)(=O)c2cc(F)c(OC[C@H]3CN(CC(F)(F)F)CC[C@@H]3c3ccc(Cl)cc3)cc2F)c(OC)c1. The summed E-state index contributed by atoms with van der Waals surface area (Å²) in [6.07, 6.45) is -2.93. The van der Waals surface area contributed by atoms with Crippen molar-refractivity contribution < 1.29 is 44.6 Å². The first-order valence-electron chi connectivity index (χ1n) is 14.5. The van der Waals surface area contributed by atoms with E-state index in [0.717, 1.165) is 27.7 Å². The van der Waals surface area contributed by atoms with Crippen molar-refractivity contribution in [2.75, 3.05) is 44.8 Å². The average Bonchev–Trinajstić information content (AvgIpc) is 3.58. The number of ether oxygens (including phenoxy) is 3. The predicted octanol–water partition coefficient (Wildman–Crippen LogP) is 6.93. The van der Waals surface area contributed by atoms with Crippen LogP contribution in [0.3, 0.4) is 0 Å². The van der Waals surface area contributed by atoms with Crippen LogP contribution >= 0.6 is 23.1 Å². The van der Waals surface area contributed by atoms with Gasteiger partial charge in [-0.15, -0.1) is 0 Å². The van der Waals surface area contributed by atoms with Gasteiger partial charge in [0.05, 0.1) is 33.9 Å². The van der Waals surface area contributed by atoms with Gasteiger partial charge in [-0.1, -0.05) is 23.7 Å². The van der Waals surface area contributed by atoms with Gasteiger partial charge < -0.3 is 14.2 Å². The average molecular weight is 733 g/mol. The molecule has 0 N–H and O–H groups in total. The molecule has 1 aromatic heterocycles. The molecule has 0 amide bonds. The van der Waals surface area contributed by atoms with E-state index in [1.54, 1.807) is 42.5 Å². The van der Waals surface area contributed by atoms with E-state index < -0.39 is 50.9 Å². The third-order valence-electron chi connectivity index (χ3n) is 7.90. The number of piperidine rings is 1. The fourth-order valence-corrected chi connectivity index (χ4v) is 7.94. The fraction of sp³-hybridized carbons (Fsp3) is 0.355. The zero-order valence-electron chi connectivity index (χ0n) is 25.6. The van der Waals surface area contributed by atoms with Gasteiger partial charge in [0.25, 0.3) is 10.0 Å². The summed E-state index contributed by atoms with van der Waals surface area (Å²) in [5.74, 6) is -3.14. The first kappa shape index (κ1) is 35.6. The van der Waals surface area contributed by atoms with E-state index in [2.05, 4.69) is 9.36 Å². The number of aromatic nitrogens is 2. The zero-order chi connectivity index (χ0) is 34.6. The van der Waals surface area contributed by atoms with Crippen LogP contribution in [0.15, 0.2) is 65.8 Å². The number of hydrogen-bond acceptors (Lipinski definition) is 9. The summed E-state index contributed by atoms with van der Waals surface area (Å²) in [6.45, 7) is -1.61. The van der Waals surface area contributed by atoms with E-state index in [9.17, 15) is 21.6 Å². The summed E-state index contributed by atoms with van der Waals surface area (Å²) < 4.78 is 119. The van der Waals surface area contributed by atoms with E-state index in [1.807, 2.05) is 0 Å². The van der Waals surface area contributed by atoms with Crippen LogP contribution in [0.25, 0.3) is 0 Å². The Kier molecular flexibility index (Phi) is 11.0. The summed E-state index contributed by atoms with van der Waals surface area (Å²) in [7, 11) is -1.95. The topological polar surface area (TPSA) is 94.1 Å². The van der Waals surface area contributed by atoms with E-state index in [0.29, 0.717) is 34.9 Å². The molecular formula is C31H30ClF5N4O5S2. The van der Waals surface area contributed by atoms with E-state index in [1.165, 1.54) is 19.1 Å². The molecule has 0 aliphatic carbocycles. The first-order valence-corrected chi connectivity index (χ1v) is 17.0. The van der Waals surface area contributed by atoms with E-state index in [-0.39, 0.29) is 43.0 Å². The van der Waals surface area contributed by atoms with Crippen LogP contribution in [0.4, 0.5) is 27.1 Å². The van der Waals surface area contributed by atoms with Gasteiger partial charge in [-0.3, -0.25) is 4.90 Å². The Labute approximate surface area is 283 Å². The number of anilines is 1. The minimum atomic E-state index is -4.78. The van der Waals surface area contributed by atoms with Crippen LogP contribution in [-0.2, 0) is 16.6 Å². The molecule has 2 heterocycles. The highest BCUT2D eigenvalue weighted by molar-refractivity contribution is 7.93. The minimum Gasteiger partial charge on any atom is -0.497 e. The molecule has 3 aromatic carbocycles. The Morgan fingerprint density at radius 2 is 1.77 bits per heavy atom. The molecule has 48 heavy (non-hydrogen) atoms. The van der Waals surface area contributed by atoms with Crippen molar-refractivity contribution >= 4 is 38.3 Å². The van der Waals surface area contributed by atoms with Gasteiger partial charge >= 0.3 is 6.18 Å². The maximum absolute atomic E-state index is 15.6. The van der Waals surface area contributed by atoms with Crippen LogP contribution in [0.1, 0.15) is 23.5 Å². The van der Waals surface area contributed by atoms with Crippen LogP contribution in [-0.4, -0.2) is 69.3 Å². The Bertz CT molecular complexity index is 1820. The molecule has 9 nitrogen and oxygen atoms in total. The van der Waals surface area contributed by atoms with Crippen LogP contribution in [0.5, 0.6) is 17.2 Å². The van der Waals surface area contributed by atoms with Gasteiger partial charge in [0.2, 0.25) is 5.13 Å². The third-order valence-corrected chi connectivity index (χ3v) is 10.7. The van der Waals surface area contributed by atoms with Crippen LogP contribution in [0.2, 0.25) is 5.02 Å². The summed E-state index contributed by atoms with van der Waals surface area (Å²) >= 11 is 6.75. The quantitative estimate of drug-likeness (QED) is 0.145. The number of likely N-dealkylation sites (tertiary alicyclic amines) is 1. The number of benzene rings is 3. The molecule has 0 spiro atoms. The van der Waals surface area contributed by atoms with Gasteiger partial charge in [-0.25, -0.2) is 26.5 Å². The van der Waals surface area contributed by atoms with Gasteiger partial charge in [0.15, 0.2) is 11.6 Å². The fourth-order valence-electron chi connectivity index (χ4n) is 5.63. The number of methoxy groups -OCH3 is 2. The Balaban J connectivity index is 1.41. The number of rotatable bonds is 12. The van der Waals surface area contributed by atoms with Crippen molar-refractivity contribution in [1.29, 1.82) is 0 Å². The lowest BCUT2D eigenvalue weighted by atomic mass is 9.81. The molecular weight excluding hydrogens is 703 g/mol. The highest BCUT2D eigenvalue weighted by Gasteiger charge is 2.38. The summed E-state index contributed by atoms with van der Waals surface area (Å²) in [5.41, 5.74) is 1.19.